The van der Waals surface area contributed by atoms with E-state index in [0.29, 0.717) is 17.0 Å². The van der Waals surface area contributed by atoms with Crippen molar-refractivity contribution in [3.8, 4) is 11.8 Å². The summed E-state index contributed by atoms with van der Waals surface area (Å²) < 4.78 is 5.06. The van der Waals surface area contributed by atoms with Crippen LogP contribution in [0, 0.1) is 18.8 Å². The van der Waals surface area contributed by atoms with Crippen LogP contribution >= 0.6 is 0 Å². The molecule has 96 valence electrons. The number of carbonyl (C=O) groups is 1. The van der Waals surface area contributed by atoms with E-state index in [1.165, 1.54) is 0 Å². The van der Waals surface area contributed by atoms with Crippen LogP contribution in [0.25, 0.3) is 0 Å². The minimum atomic E-state index is -0.365. The summed E-state index contributed by atoms with van der Waals surface area (Å²) in [5.74, 6) is 5.25. The van der Waals surface area contributed by atoms with E-state index in [4.69, 9.17) is 9.52 Å². The van der Waals surface area contributed by atoms with Crippen molar-refractivity contribution < 1.29 is 14.3 Å². The molecule has 0 fully saturated rings. The van der Waals surface area contributed by atoms with Crippen molar-refractivity contribution in [2.24, 2.45) is 0 Å². The van der Waals surface area contributed by atoms with Gasteiger partial charge in [-0.05, 0) is 18.2 Å². The fourth-order valence-electron chi connectivity index (χ4n) is 1.40. The molecule has 0 unspecified atom stereocenters. The summed E-state index contributed by atoms with van der Waals surface area (Å²) in [5, 5.41) is 18.4. The molecule has 0 saturated heterocycles. The summed E-state index contributed by atoms with van der Waals surface area (Å²) >= 11 is 0. The minimum Gasteiger partial charge on any atom is -0.408 e. The van der Waals surface area contributed by atoms with Gasteiger partial charge in [-0.25, -0.2) is 0 Å². The molecule has 2 aromatic rings. The molecule has 0 bridgehead atoms. The van der Waals surface area contributed by atoms with Crippen molar-refractivity contribution >= 4 is 11.9 Å². The highest BCUT2D eigenvalue weighted by Gasteiger charge is 2.10. The second-order valence-electron chi connectivity index (χ2n) is 3.62. The SMILES string of the molecule is Cc1nnc(NC(=O)c2cccc(C#CCO)c2)o1. The van der Waals surface area contributed by atoms with Crippen molar-refractivity contribution in [3.05, 3.63) is 41.3 Å². The molecule has 1 aromatic heterocycles. The van der Waals surface area contributed by atoms with Gasteiger partial charge in [0, 0.05) is 18.1 Å². The Morgan fingerprint density at radius 2 is 2.32 bits per heavy atom. The molecule has 2 rings (SSSR count). The Kier molecular flexibility index (Phi) is 3.90. The molecule has 0 aliphatic heterocycles. The maximum absolute atomic E-state index is 11.9. The van der Waals surface area contributed by atoms with Crippen LogP contribution in [0.3, 0.4) is 0 Å². The topological polar surface area (TPSA) is 88.2 Å². The van der Waals surface area contributed by atoms with Gasteiger partial charge in [-0.1, -0.05) is 23.0 Å². The number of hydrogen-bond donors (Lipinski definition) is 2. The molecule has 2 N–H and O–H groups in total. The number of nitrogens with zero attached hydrogens (tertiary/aromatic N) is 2. The van der Waals surface area contributed by atoms with Crippen LogP contribution in [0.2, 0.25) is 0 Å². The Bertz CT molecular complexity index is 652. The van der Waals surface area contributed by atoms with Crippen LogP contribution in [0.15, 0.2) is 28.7 Å². The first-order valence-corrected chi connectivity index (χ1v) is 5.50. The lowest BCUT2D eigenvalue weighted by Crippen LogP contribution is -2.12. The van der Waals surface area contributed by atoms with Gasteiger partial charge in [0.2, 0.25) is 5.89 Å². The molecular weight excluding hydrogens is 246 g/mol. The summed E-state index contributed by atoms with van der Waals surface area (Å²) in [4.78, 5) is 11.9. The third kappa shape index (κ3) is 3.40. The molecule has 0 aliphatic rings. The number of benzene rings is 1. The van der Waals surface area contributed by atoms with Crippen LogP contribution in [0.4, 0.5) is 6.01 Å². The number of rotatable bonds is 2. The smallest absolute Gasteiger partial charge is 0.322 e. The van der Waals surface area contributed by atoms with Crippen molar-refractivity contribution in [3.63, 3.8) is 0 Å². The zero-order chi connectivity index (χ0) is 13.7. The quantitative estimate of drug-likeness (QED) is 0.783. The summed E-state index contributed by atoms with van der Waals surface area (Å²) in [6.07, 6.45) is 0. The highest BCUT2D eigenvalue weighted by Crippen LogP contribution is 2.09. The molecule has 0 saturated carbocycles. The maximum Gasteiger partial charge on any atom is 0.322 e. The zero-order valence-corrected chi connectivity index (χ0v) is 10.2. The third-order valence-electron chi connectivity index (χ3n) is 2.18. The Morgan fingerprint density at radius 1 is 1.47 bits per heavy atom. The average Bonchev–Trinajstić information content (AvgIpc) is 2.82. The van der Waals surface area contributed by atoms with Crippen molar-refractivity contribution in [1.29, 1.82) is 0 Å². The fourth-order valence-corrected chi connectivity index (χ4v) is 1.40. The number of aliphatic hydroxyl groups is 1. The highest BCUT2D eigenvalue weighted by atomic mass is 16.4. The monoisotopic (exact) mass is 257 g/mol. The van der Waals surface area contributed by atoms with Gasteiger partial charge in [0.05, 0.1) is 0 Å². The number of nitrogens with one attached hydrogen (secondary N) is 1. The summed E-state index contributed by atoms with van der Waals surface area (Å²) in [6.45, 7) is 1.41. The molecule has 0 spiro atoms. The predicted molar refractivity (Wildman–Crippen MR) is 67.4 cm³/mol. The molecule has 1 amide bonds. The molecule has 6 nitrogen and oxygen atoms in total. The minimum absolute atomic E-state index is 0.0503. The molecule has 6 heteroatoms. The van der Waals surface area contributed by atoms with Crippen molar-refractivity contribution in [1.82, 2.24) is 10.2 Å². The van der Waals surface area contributed by atoms with Crippen LogP contribution in [-0.4, -0.2) is 27.8 Å². The number of amides is 1. The average molecular weight is 257 g/mol. The van der Waals surface area contributed by atoms with Gasteiger partial charge in [-0.3, -0.25) is 10.1 Å². The second kappa shape index (κ2) is 5.80. The van der Waals surface area contributed by atoms with Crippen LogP contribution < -0.4 is 5.32 Å². The zero-order valence-electron chi connectivity index (χ0n) is 10.2. The lowest BCUT2D eigenvalue weighted by atomic mass is 10.1. The van der Waals surface area contributed by atoms with E-state index in [2.05, 4.69) is 27.4 Å². The van der Waals surface area contributed by atoms with Gasteiger partial charge < -0.3 is 9.52 Å². The largest absolute Gasteiger partial charge is 0.408 e. The first-order chi connectivity index (χ1) is 9.19. The highest BCUT2D eigenvalue weighted by molar-refractivity contribution is 6.03. The van der Waals surface area contributed by atoms with Gasteiger partial charge in [0.25, 0.3) is 5.91 Å². The second-order valence-corrected chi connectivity index (χ2v) is 3.62. The first kappa shape index (κ1) is 12.8. The molecule has 1 heterocycles. The number of aryl methyl sites for hydroxylation is 1. The Hall–Kier alpha value is -2.65. The van der Waals surface area contributed by atoms with E-state index in [0.717, 1.165) is 0 Å². The first-order valence-electron chi connectivity index (χ1n) is 5.50. The van der Waals surface area contributed by atoms with E-state index in [1.807, 2.05) is 0 Å². The van der Waals surface area contributed by atoms with Gasteiger partial charge >= 0.3 is 6.01 Å². The third-order valence-corrected chi connectivity index (χ3v) is 2.18. The molecule has 19 heavy (non-hydrogen) atoms. The van der Waals surface area contributed by atoms with Crippen molar-refractivity contribution in [2.75, 3.05) is 11.9 Å². The molecule has 0 atom stereocenters. The molecule has 0 radical (unpaired) electrons. The predicted octanol–water partition coefficient (Wildman–Crippen LogP) is 0.974. The Balaban J connectivity index is 2.15. The molecular formula is C13H11N3O3. The lowest BCUT2D eigenvalue weighted by Gasteiger charge is -2.00. The van der Waals surface area contributed by atoms with Crippen LogP contribution in [-0.2, 0) is 0 Å². The Morgan fingerprint density at radius 3 is 3.00 bits per heavy atom. The van der Waals surface area contributed by atoms with Gasteiger partial charge in [-0.15, -0.1) is 5.10 Å². The number of aromatic nitrogens is 2. The van der Waals surface area contributed by atoms with Gasteiger partial charge in [0.15, 0.2) is 0 Å². The lowest BCUT2D eigenvalue weighted by molar-refractivity contribution is 0.102. The van der Waals surface area contributed by atoms with E-state index in [1.54, 1.807) is 31.2 Å². The van der Waals surface area contributed by atoms with E-state index in [-0.39, 0.29) is 18.5 Å². The number of anilines is 1. The number of aliphatic hydroxyl groups excluding tert-OH is 1. The number of carbonyl (C=O) groups excluding carboxylic acids is 1. The van der Waals surface area contributed by atoms with Crippen molar-refractivity contribution in [2.45, 2.75) is 6.92 Å². The fraction of sp³-hybridized carbons (Fsp3) is 0.154. The maximum atomic E-state index is 11.9. The summed E-state index contributed by atoms with van der Waals surface area (Å²) in [5.41, 5.74) is 1.06. The Labute approximate surface area is 109 Å². The summed E-state index contributed by atoms with van der Waals surface area (Å²) in [6, 6.07) is 6.75. The van der Waals surface area contributed by atoms with Crippen LogP contribution in [0.5, 0.6) is 0 Å². The van der Waals surface area contributed by atoms with Gasteiger partial charge in [0.1, 0.15) is 6.61 Å². The normalized spacial score (nSPS) is 9.58. The number of hydrogen-bond acceptors (Lipinski definition) is 5. The van der Waals surface area contributed by atoms with E-state index < -0.39 is 0 Å². The van der Waals surface area contributed by atoms with E-state index >= 15 is 0 Å². The van der Waals surface area contributed by atoms with E-state index in [9.17, 15) is 4.79 Å². The van der Waals surface area contributed by atoms with Gasteiger partial charge in [-0.2, -0.15) is 0 Å². The van der Waals surface area contributed by atoms with Crippen LogP contribution in [0.1, 0.15) is 21.8 Å². The molecule has 1 aromatic carbocycles. The standard InChI is InChI=1S/C13H11N3O3/c1-9-15-16-13(19-9)14-12(18)11-6-2-4-10(8-11)5-3-7-17/h2,4,6,8,17H,7H2,1H3,(H,14,16,18). The molecule has 0 aliphatic carbocycles. The summed E-state index contributed by atoms with van der Waals surface area (Å²) in [7, 11) is 0.